The van der Waals surface area contributed by atoms with Crippen LogP contribution >= 0.6 is 22.9 Å². The molecule has 1 fully saturated rings. The minimum atomic E-state index is -3.60. The number of hydrogen-bond donors (Lipinski definition) is 1. The Morgan fingerprint density at radius 1 is 1.39 bits per heavy atom. The normalized spacial score (nSPS) is 28.8. The number of ether oxygens (including phenoxy) is 1. The lowest BCUT2D eigenvalue weighted by Crippen LogP contribution is -2.58. The van der Waals surface area contributed by atoms with Gasteiger partial charge in [-0.1, -0.05) is 11.6 Å². The van der Waals surface area contributed by atoms with Crippen LogP contribution in [0.5, 0.6) is 0 Å². The second-order valence-corrected chi connectivity index (χ2v) is 10.9. The molecule has 2 N–H and O–H groups in total. The zero-order valence-electron chi connectivity index (χ0n) is 15.0. The first-order valence-corrected chi connectivity index (χ1v) is 11.4. The first-order valence-electron chi connectivity index (χ1n) is 8.52. The molecular weight excluding hydrogens is 420 g/mol. The van der Waals surface area contributed by atoms with E-state index in [1.54, 1.807) is 25.3 Å². The minimum Gasteiger partial charge on any atom is -0.386 e. The number of nitrogens with two attached hydrogens (primary N) is 1. The fraction of sp³-hybridized carbons (Fsp3) is 0.389. The molecule has 146 valence electrons. The molecule has 2 atom stereocenters. The maximum atomic E-state index is 13.2. The molecule has 0 aromatic carbocycles. The van der Waals surface area contributed by atoms with E-state index in [2.05, 4.69) is 16.0 Å². The quantitative estimate of drug-likeness (QED) is 0.772. The SMILES string of the molecule is CC1(c2sc(-c3cncc(C#N)c3)cc2Cl)CS(=O)(=O)[C@@]2(CCOC2)C(N)=N1. The third-order valence-electron chi connectivity index (χ3n) is 5.21. The van der Waals surface area contributed by atoms with Crippen LogP contribution in [0.1, 0.15) is 23.8 Å². The summed E-state index contributed by atoms with van der Waals surface area (Å²) in [6.07, 6.45) is 3.43. The van der Waals surface area contributed by atoms with E-state index in [0.717, 1.165) is 10.4 Å². The smallest absolute Gasteiger partial charge is 0.168 e. The summed E-state index contributed by atoms with van der Waals surface area (Å²) in [5.74, 6) is -0.113. The van der Waals surface area contributed by atoms with Crippen LogP contribution < -0.4 is 5.73 Å². The van der Waals surface area contributed by atoms with Crippen LogP contribution in [-0.4, -0.2) is 43.0 Å². The summed E-state index contributed by atoms with van der Waals surface area (Å²) in [5.41, 5.74) is 6.25. The van der Waals surface area contributed by atoms with Gasteiger partial charge in [0, 0.05) is 29.4 Å². The van der Waals surface area contributed by atoms with E-state index < -0.39 is 20.1 Å². The van der Waals surface area contributed by atoms with Crippen LogP contribution in [0.25, 0.3) is 10.4 Å². The molecule has 4 rings (SSSR count). The van der Waals surface area contributed by atoms with Gasteiger partial charge in [-0.25, -0.2) is 8.42 Å². The highest BCUT2D eigenvalue weighted by Crippen LogP contribution is 2.47. The molecule has 0 radical (unpaired) electrons. The van der Waals surface area contributed by atoms with E-state index in [9.17, 15) is 8.42 Å². The van der Waals surface area contributed by atoms with E-state index in [1.165, 1.54) is 17.5 Å². The number of sulfone groups is 1. The molecule has 2 aromatic heterocycles. The lowest BCUT2D eigenvalue weighted by molar-refractivity contribution is 0.194. The van der Waals surface area contributed by atoms with Crippen LogP contribution in [0.15, 0.2) is 29.5 Å². The molecule has 0 saturated carbocycles. The average molecular weight is 437 g/mol. The predicted octanol–water partition coefficient (Wildman–Crippen LogP) is 2.50. The van der Waals surface area contributed by atoms with Crippen molar-refractivity contribution in [3.8, 4) is 16.5 Å². The van der Waals surface area contributed by atoms with Crippen molar-refractivity contribution < 1.29 is 13.2 Å². The van der Waals surface area contributed by atoms with Crippen molar-refractivity contribution in [2.45, 2.75) is 23.6 Å². The molecule has 1 spiro atoms. The van der Waals surface area contributed by atoms with Gasteiger partial charge in [0.05, 0.1) is 27.8 Å². The second-order valence-electron chi connectivity index (χ2n) is 7.19. The largest absolute Gasteiger partial charge is 0.386 e. The summed E-state index contributed by atoms with van der Waals surface area (Å²) in [4.78, 5) is 10.1. The molecule has 1 saturated heterocycles. The van der Waals surface area contributed by atoms with Crippen molar-refractivity contribution in [1.82, 2.24) is 4.98 Å². The summed E-state index contributed by atoms with van der Waals surface area (Å²) < 4.78 is 30.4. The Labute approximate surface area is 171 Å². The monoisotopic (exact) mass is 436 g/mol. The molecule has 0 amide bonds. The van der Waals surface area contributed by atoms with E-state index in [0.29, 0.717) is 28.5 Å². The van der Waals surface area contributed by atoms with Gasteiger partial charge in [-0.3, -0.25) is 9.98 Å². The van der Waals surface area contributed by atoms with E-state index >= 15 is 0 Å². The average Bonchev–Trinajstić information content (AvgIpc) is 3.28. The molecule has 2 aromatic rings. The molecule has 2 aliphatic rings. The third-order valence-corrected chi connectivity index (χ3v) is 9.72. The summed E-state index contributed by atoms with van der Waals surface area (Å²) in [7, 11) is -3.60. The molecule has 7 nitrogen and oxygen atoms in total. The molecule has 0 bridgehead atoms. The fourth-order valence-corrected chi connectivity index (χ4v) is 7.64. The molecule has 28 heavy (non-hydrogen) atoms. The zero-order chi connectivity index (χ0) is 20.2. The van der Waals surface area contributed by atoms with Crippen molar-refractivity contribution in [2.24, 2.45) is 10.7 Å². The van der Waals surface area contributed by atoms with Crippen LogP contribution in [0, 0.1) is 11.3 Å². The third kappa shape index (κ3) is 2.83. The van der Waals surface area contributed by atoms with Gasteiger partial charge < -0.3 is 10.5 Å². The highest BCUT2D eigenvalue weighted by Gasteiger charge is 2.57. The molecule has 0 aliphatic carbocycles. The predicted molar refractivity (Wildman–Crippen MR) is 108 cm³/mol. The number of thiophene rings is 1. The number of aromatic nitrogens is 1. The lowest BCUT2D eigenvalue weighted by atomic mass is 10.0. The number of amidine groups is 1. The van der Waals surface area contributed by atoms with E-state index in [4.69, 9.17) is 27.3 Å². The van der Waals surface area contributed by atoms with Gasteiger partial charge in [0.15, 0.2) is 14.6 Å². The van der Waals surface area contributed by atoms with Crippen LogP contribution in [0.4, 0.5) is 0 Å². The van der Waals surface area contributed by atoms with Gasteiger partial charge in [0.25, 0.3) is 0 Å². The zero-order valence-corrected chi connectivity index (χ0v) is 17.4. The number of pyridine rings is 1. The van der Waals surface area contributed by atoms with Crippen molar-refractivity contribution in [2.75, 3.05) is 19.0 Å². The first-order chi connectivity index (χ1) is 13.2. The Balaban J connectivity index is 1.80. The highest BCUT2D eigenvalue weighted by molar-refractivity contribution is 7.93. The summed E-state index contributed by atoms with van der Waals surface area (Å²) >= 11 is 7.81. The molecule has 10 heteroatoms. The Morgan fingerprint density at radius 3 is 2.82 bits per heavy atom. The van der Waals surface area contributed by atoms with Gasteiger partial charge in [-0.05, 0) is 25.5 Å². The number of halogens is 1. The lowest BCUT2D eigenvalue weighted by Gasteiger charge is -2.38. The maximum absolute atomic E-state index is 13.2. The van der Waals surface area contributed by atoms with Gasteiger partial charge in [0.2, 0.25) is 0 Å². The van der Waals surface area contributed by atoms with Gasteiger partial charge in [0.1, 0.15) is 17.4 Å². The summed E-state index contributed by atoms with van der Waals surface area (Å²) in [6.45, 7) is 2.11. The second kappa shape index (κ2) is 6.52. The van der Waals surface area contributed by atoms with Crippen LogP contribution in [0.2, 0.25) is 5.02 Å². The van der Waals surface area contributed by atoms with Gasteiger partial charge in [-0.15, -0.1) is 11.3 Å². The number of rotatable bonds is 2. The Hall–Kier alpha value is -1.99. The topological polar surface area (TPSA) is 118 Å². The van der Waals surface area contributed by atoms with E-state index in [-0.39, 0.29) is 18.2 Å². The number of nitrogens with zero attached hydrogens (tertiary/aromatic N) is 3. The molecule has 1 unspecified atom stereocenters. The Kier molecular flexibility index (Phi) is 4.50. The first kappa shape index (κ1) is 19.3. The van der Waals surface area contributed by atoms with Crippen molar-refractivity contribution in [3.63, 3.8) is 0 Å². The standard InChI is InChI=1S/C18H17ClN4O3S2/c1-17(10-28(24,25)18(16(21)23-17)2-3-26-9-18)15-13(19)5-14(27-15)12-4-11(6-20)7-22-8-12/h4-5,7-8H,2-3,9-10H2,1H3,(H2,21,23)/t17?,18-/m1/s1. The summed E-state index contributed by atoms with van der Waals surface area (Å²) in [5, 5.41) is 9.49. The number of nitriles is 1. The number of aliphatic imine (C=N–C) groups is 1. The Morgan fingerprint density at radius 2 is 2.18 bits per heavy atom. The molecule has 2 aliphatic heterocycles. The number of hydrogen-bond acceptors (Lipinski definition) is 8. The highest BCUT2D eigenvalue weighted by atomic mass is 35.5. The van der Waals surface area contributed by atoms with Crippen molar-refractivity contribution in [3.05, 3.63) is 40.0 Å². The van der Waals surface area contributed by atoms with Crippen LogP contribution in [0.3, 0.4) is 0 Å². The van der Waals surface area contributed by atoms with Gasteiger partial charge >= 0.3 is 0 Å². The van der Waals surface area contributed by atoms with Crippen molar-refractivity contribution >= 4 is 38.6 Å². The van der Waals surface area contributed by atoms with E-state index in [1.807, 2.05) is 0 Å². The Bertz CT molecular complexity index is 1130. The van der Waals surface area contributed by atoms with Gasteiger partial charge in [-0.2, -0.15) is 5.26 Å². The fourth-order valence-electron chi connectivity index (χ4n) is 3.69. The molecular formula is C18H17ClN4O3S2. The van der Waals surface area contributed by atoms with Crippen molar-refractivity contribution in [1.29, 1.82) is 5.26 Å². The maximum Gasteiger partial charge on any atom is 0.168 e. The van der Waals surface area contributed by atoms with Crippen LogP contribution in [-0.2, 0) is 20.1 Å². The molecule has 4 heterocycles. The minimum absolute atomic E-state index is 0.0385. The summed E-state index contributed by atoms with van der Waals surface area (Å²) in [6, 6.07) is 5.51.